The lowest BCUT2D eigenvalue weighted by Crippen LogP contribution is -2.38. The van der Waals surface area contributed by atoms with Crippen molar-refractivity contribution in [1.82, 2.24) is 15.5 Å². The van der Waals surface area contributed by atoms with Gasteiger partial charge < -0.3 is 5.32 Å². The third kappa shape index (κ3) is 3.24. The third-order valence-electron chi connectivity index (χ3n) is 1.99. The fourth-order valence-corrected chi connectivity index (χ4v) is 3.14. The molecular formula is C8H10N4O3S2. The Morgan fingerprint density at radius 3 is 2.82 bits per heavy atom. The molecule has 0 spiro atoms. The number of carbonyl (C=O) groups is 1. The van der Waals surface area contributed by atoms with Crippen LogP contribution >= 0.6 is 11.3 Å². The van der Waals surface area contributed by atoms with Crippen molar-refractivity contribution in [2.24, 2.45) is 0 Å². The van der Waals surface area contributed by atoms with E-state index in [9.17, 15) is 13.2 Å². The lowest BCUT2D eigenvalue weighted by molar-refractivity contribution is 0.251. The van der Waals surface area contributed by atoms with Gasteiger partial charge in [0, 0.05) is 5.41 Å². The Kier molecular flexibility index (Phi) is 3.11. The van der Waals surface area contributed by atoms with Crippen LogP contribution in [0.25, 0.3) is 0 Å². The Morgan fingerprint density at radius 1 is 1.53 bits per heavy atom. The highest BCUT2D eigenvalue weighted by molar-refractivity contribution is 7.94. The molecule has 0 radical (unpaired) electrons. The molecule has 0 saturated carbocycles. The number of amides is 2. The number of aromatic nitrogens is 2. The topological polar surface area (TPSA) is 101 Å². The molecule has 1 aliphatic heterocycles. The lowest BCUT2D eigenvalue weighted by atomic mass is 10.3. The molecule has 0 fully saturated rings. The predicted octanol–water partition coefficient (Wildman–Crippen LogP) is 0.279. The Balaban J connectivity index is 1.89. The minimum Gasteiger partial charge on any atom is -0.331 e. The predicted molar refractivity (Wildman–Crippen MR) is 63.5 cm³/mol. The maximum Gasteiger partial charge on any atom is 0.321 e. The SMILES string of the molecule is Cc1nnc(NC(=O)N[C@@H]2C=CS(=O)(=O)C2)s1. The second-order valence-electron chi connectivity index (χ2n) is 3.49. The van der Waals surface area contributed by atoms with Gasteiger partial charge in [-0.25, -0.2) is 13.2 Å². The number of urea groups is 1. The molecule has 0 aliphatic carbocycles. The highest BCUT2D eigenvalue weighted by Crippen LogP contribution is 2.13. The van der Waals surface area contributed by atoms with Crippen LogP contribution in [0.5, 0.6) is 0 Å². The Morgan fingerprint density at radius 2 is 2.29 bits per heavy atom. The number of sulfone groups is 1. The van der Waals surface area contributed by atoms with Gasteiger partial charge in [0.2, 0.25) is 5.13 Å². The zero-order valence-corrected chi connectivity index (χ0v) is 10.5. The zero-order valence-electron chi connectivity index (χ0n) is 8.87. The number of anilines is 1. The molecule has 0 bridgehead atoms. The summed E-state index contributed by atoms with van der Waals surface area (Å²) in [6.07, 6.45) is 1.44. The van der Waals surface area contributed by atoms with E-state index in [1.807, 2.05) is 0 Å². The van der Waals surface area contributed by atoms with Crippen molar-refractivity contribution >= 4 is 32.3 Å². The average molecular weight is 274 g/mol. The number of carbonyl (C=O) groups excluding carboxylic acids is 1. The van der Waals surface area contributed by atoms with E-state index in [0.29, 0.717) is 5.13 Å². The van der Waals surface area contributed by atoms with Crippen molar-refractivity contribution < 1.29 is 13.2 Å². The molecule has 2 rings (SSSR count). The summed E-state index contributed by atoms with van der Waals surface area (Å²) >= 11 is 1.24. The molecule has 1 atom stereocenters. The van der Waals surface area contributed by atoms with Gasteiger partial charge in [0.1, 0.15) is 5.01 Å². The van der Waals surface area contributed by atoms with E-state index >= 15 is 0 Å². The van der Waals surface area contributed by atoms with Crippen LogP contribution in [0.3, 0.4) is 0 Å². The van der Waals surface area contributed by atoms with Gasteiger partial charge in [-0.1, -0.05) is 11.3 Å². The molecule has 0 aromatic carbocycles. The number of hydrogen-bond donors (Lipinski definition) is 2. The Labute approximate surface area is 102 Å². The third-order valence-corrected chi connectivity index (χ3v) is 4.14. The Bertz CT molecular complexity index is 563. The first-order valence-corrected chi connectivity index (χ1v) is 7.26. The fourth-order valence-electron chi connectivity index (χ4n) is 1.31. The minimum absolute atomic E-state index is 0.102. The van der Waals surface area contributed by atoms with Crippen molar-refractivity contribution in [3.63, 3.8) is 0 Å². The number of aryl methyl sites for hydroxylation is 1. The standard InChI is InChI=1S/C8H10N4O3S2/c1-5-11-12-8(16-5)10-7(13)9-6-2-3-17(14,15)4-6/h2-3,6H,4H2,1H3,(H2,9,10,12,13)/t6-/m1/s1. The van der Waals surface area contributed by atoms with Crippen LogP contribution in [0, 0.1) is 6.92 Å². The van der Waals surface area contributed by atoms with Crippen LogP contribution in [0.2, 0.25) is 0 Å². The molecular weight excluding hydrogens is 264 g/mol. The van der Waals surface area contributed by atoms with Crippen LogP contribution in [0.1, 0.15) is 5.01 Å². The maximum atomic E-state index is 11.5. The first-order valence-electron chi connectivity index (χ1n) is 4.73. The highest BCUT2D eigenvalue weighted by Gasteiger charge is 2.23. The monoisotopic (exact) mass is 274 g/mol. The summed E-state index contributed by atoms with van der Waals surface area (Å²) in [5, 5.41) is 14.7. The first-order chi connectivity index (χ1) is 7.94. The van der Waals surface area contributed by atoms with E-state index < -0.39 is 21.9 Å². The van der Waals surface area contributed by atoms with Crippen LogP contribution in [0.15, 0.2) is 11.5 Å². The fraction of sp³-hybridized carbons (Fsp3) is 0.375. The van der Waals surface area contributed by atoms with E-state index in [2.05, 4.69) is 20.8 Å². The van der Waals surface area contributed by atoms with Gasteiger partial charge in [-0.05, 0) is 13.0 Å². The van der Waals surface area contributed by atoms with Gasteiger partial charge in [0.25, 0.3) is 0 Å². The molecule has 2 N–H and O–H groups in total. The van der Waals surface area contributed by atoms with Crippen molar-refractivity contribution in [2.75, 3.05) is 11.1 Å². The molecule has 2 heterocycles. The van der Waals surface area contributed by atoms with Gasteiger partial charge in [-0.3, -0.25) is 5.32 Å². The van der Waals surface area contributed by atoms with Gasteiger partial charge in [-0.2, -0.15) is 0 Å². The molecule has 92 valence electrons. The highest BCUT2D eigenvalue weighted by atomic mass is 32.2. The van der Waals surface area contributed by atoms with Crippen molar-refractivity contribution in [1.29, 1.82) is 0 Å². The van der Waals surface area contributed by atoms with E-state index in [1.165, 1.54) is 17.4 Å². The normalized spacial score (nSPS) is 21.4. The molecule has 0 unspecified atom stereocenters. The first kappa shape index (κ1) is 12.0. The second kappa shape index (κ2) is 4.41. The molecule has 17 heavy (non-hydrogen) atoms. The lowest BCUT2D eigenvalue weighted by Gasteiger charge is -2.09. The molecule has 1 aromatic heterocycles. The van der Waals surface area contributed by atoms with Crippen molar-refractivity contribution in [2.45, 2.75) is 13.0 Å². The van der Waals surface area contributed by atoms with E-state index in [1.54, 1.807) is 6.92 Å². The van der Waals surface area contributed by atoms with Crippen molar-refractivity contribution in [3.05, 3.63) is 16.5 Å². The summed E-state index contributed by atoms with van der Waals surface area (Å²) in [7, 11) is -3.16. The molecule has 2 amide bonds. The number of nitrogens with one attached hydrogen (secondary N) is 2. The summed E-state index contributed by atoms with van der Waals surface area (Å²) in [6, 6.07) is -0.984. The minimum atomic E-state index is -3.16. The smallest absolute Gasteiger partial charge is 0.321 e. The van der Waals surface area contributed by atoms with Gasteiger partial charge in [0.15, 0.2) is 9.84 Å². The summed E-state index contributed by atoms with van der Waals surface area (Å²) in [5.74, 6) is -0.102. The second-order valence-corrected chi connectivity index (χ2v) is 6.60. The summed E-state index contributed by atoms with van der Waals surface area (Å²) in [5.41, 5.74) is 0. The number of nitrogens with zero attached hydrogens (tertiary/aromatic N) is 2. The summed E-state index contributed by atoms with van der Waals surface area (Å²) < 4.78 is 22.2. The number of hydrogen-bond acceptors (Lipinski definition) is 6. The van der Waals surface area contributed by atoms with Crippen LogP contribution < -0.4 is 10.6 Å². The molecule has 1 aliphatic rings. The number of rotatable bonds is 2. The summed E-state index contributed by atoms with van der Waals surface area (Å²) in [6.45, 7) is 1.77. The van der Waals surface area contributed by atoms with Crippen LogP contribution in [-0.4, -0.2) is 36.4 Å². The zero-order chi connectivity index (χ0) is 12.5. The average Bonchev–Trinajstić information content (AvgIpc) is 2.73. The molecule has 7 nitrogen and oxygen atoms in total. The van der Waals surface area contributed by atoms with Gasteiger partial charge in [-0.15, -0.1) is 10.2 Å². The molecule has 9 heteroatoms. The van der Waals surface area contributed by atoms with E-state index in [-0.39, 0.29) is 5.75 Å². The Hall–Kier alpha value is -1.48. The molecule has 1 aromatic rings. The van der Waals surface area contributed by atoms with Crippen LogP contribution in [-0.2, 0) is 9.84 Å². The summed E-state index contributed by atoms with van der Waals surface area (Å²) in [4.78, 5) is 11.5. The van der Waals surface area contributed by atoms with Gasteiger partial charge >= 0.3 is 6.03 Å². The molecule has 0 saturated heterocycles. The van der Waals surface area contributed by atoms with Crippen LogP contribution in [0.4, 0.5) is 9.93 Å². The maximum absolute atomic E-state index is 11.5. The van der Waals surface area contributed by atoms with Gasteiger partial charge in [0.05, 0.1) is 11.8 Å². The quantitative estimate of drug-likeness (QED) is 0.806. The van der Waals surface area contributed by atoms with Crippen molar-refractivity contribution in [3.8, 4) is 0 Å². The van der Waals surface area contributed by atoms with E-state index in [4.69, 9.17) is 0 Å². The van der Waals surface area contributed by atoms with E-state index in [0.717, 1.165) is 10.4 Å². The largest absolute Gasteiger partial charge is 0.331 e.